The number of esters is 2. The summed E-state index contributed by atoms with van der Waals surface area (Å²) in [5.41, 5.74) is 0. The second-order valence-corrected chi connectivity index (χ2v) is 15.4. The highest BCUT2D eigenvalue weighted by molar-refractivity contribution is 7.85. The summed E-state index contributed by atoms with van der Waals surface area (Å²) < 4.78 is 53.7. The van der Waals surface area contributed by atoms with Crippen molar-refractivity contribution in [1.82, 2.24) is 0 Å². The zero-order valence-corrected chi connectivity index (χ0v) is 32.7. The van der Waals surface area contributed by atoms with Gasteiger partial charge in [0, 0.05) is 12.8 Å². The Bertz CT molecular complexity index is 1080. The maximum absolute atomic E-state index is 12.7. The van der Waals surface area contributed by atoms with Crippen LogP contribution in [0.3, 0.4) is 0 Å². The smallest absolute Gasteiger partial charge is 0.306 e. The van der Waals surface area contributed by atoms with Gasteiger partial charge in [-0.05, 0) is 32.1 Å². The molecule has 4 N–H and O–H groups in total. The molecule has 0 saturated carbocycles. The zero-order valence-electron chi connectivity index (χ0n) is 31.9. The lowest BCUT2D eigenvalue weighted by Crippen LogP contribution is -2.60. The Hall–Kier alpha value is -1.87. The summed E-state index contributed by atoms with van der Waals surface area (Å²) in [4.78, 5) is 25.2. The number of carbonyl (C=O) groups excluding carboxylic acids is 2. The summed E-state index contributed by atoms with van der Waals surface area (Å²) >= 11 is 0. The number of rotatable bonds is 32. The van der Waals surface area contributed by atoms with Gasteiger partial charge in [-0.15, -0.1) is 0 Å². The van der Waals surface area contributed by atoms with Crippen LogP contribution in [0.1, 0.15) is 155 Å². The fraction of sp³-hybridized carbons (Fsp3) is 0.846. The van der Waals surface area contributed by atoms with Crippen LogP contribution in [-0.4, -0.2) is 96.0 Å². The summed E-state index contributed by atoms with van der Waals surface area (Å²) in [7, 11) is -4.60. The van der Waals surface area contributed by atoms with Gasteiger partial charge >= 0.3 is 11.9 Å². The molecule has 0 spiro atoms. The molecule has 1 heterocycles. The average molecular weight is 763 g/mol. The van der Waals surface area contributed by atoms with Gasteiger partial charge < -0.3 is 34.3 Å². The summed E-state index contributed by atoms with van der Waals surface area (Å²) in [5, 5.41) is 30.7. The molecule has 0 aromatic heterocycles. The van der Waals surface area contributed by atoms with E-state index in [4.69, 9.17) is 18.9 Å². The Kier molecular flexibility index (Phi) is 28.2. The van der Waals surface area contributed by atoms with Crippen molar-refractivity contribution in [3.05, 3.63) is 24.3 Å². The van der Waals surface area contributed by atoms with Gasteiger partial charge in [0.1, 0.15) is 36.8 Å². The summed E-state index contributed by atoms with van der Waals surface area (Å²) in [6, 6.07) is 0. The van der Waals surface area contributed by atoms with Crippen molar-refractivity contribution in [2.75, 3.05) is 19.0 Å². The lowest BCUT2D eigenvalue weighted by Gasteiger charge is -2.40. The summed E-state index contributed by atoms with van der Waals surface area (Å²) in [6.07, 6.45) is 21.1. The molecule has 52 heavy (non-hydrogen) atoms. The van der Waals surface area contributed by atoms with Crippen molar-refractivity contribution >= 4 is 22.1 Å². The molecule has 12 nitrogen and oxygen atoms in total. The standard InChI is InChI=1S/C39H70O12S/c1-3-5-7-9-11-13-15-16-18-20-22-24-26-28-35(41)50-32(29-48-34(40)27-25-23-21-19-17-14-12-10-8-6-4-2)30-49-39-38(44)37(43)36(42)33(51-39)31-52(45,46)47/h16,18,22,24,32-33,36-39,42-44H,3-15,17,19-21,23,25-31H2,1-2H3,(H,45,46,47)/b18-16+,24-22+/t32?,33-,36-,37?,38?,39+/m1/s1. The number of unbranched alkanes of at least 4 members (excludes halogenated alkanes) is 16. The highest BCUT2D eigenvalue weighted by Crippen LogP contribution is 2.24. The first-order valence-electron chi connectivity index (χ1n) is 19.9. The molecular weight excluding hydrogens is 692 g/mol. The van der Waals surface area contributed by atoms with Crippen molar-refractivity contribution < 1.29 is 56.8 Å². The minimum Gasteiger partial charge on any atom is -0.462 e. The lowest BCUT2D eigenvalue weighted by molar-refractivity contribution is -0.297. The maximum atomic E-state index is 12.7. The molecule has 0 bridgehead atoms. The number of allylic oxidation sites excluding steroid dienone is 4. The molecule has 1 rings (SSSR count). The third-order valence-corrected chi connectivity index (χ3v) is 9.80. The van der Waals surface area contributed by atoms with E-state index < -0.39 is 71.2 Å². The molecule has 1 aliphatic heterocycles. The first-order chi connectivity index (χ1) is 25.0. The van der Waals surface area contributed by atoms with E-state index in [9.17, 15) is 37.9 Å². The average Bonchev–Trinajstić information content (AvgIpc) is 3.10. The van der Waals surface area contributed by atoms with Crippen LogP contribution in [0.2, 0.25) is 0 Å². The van der Waals surface area contributed by atoms with Crippen LogP contribution >= 0.6 is 0 Å². The van der Waals surface area contributed by atoms with Crippen LogP contribution in [0.5, 0.6) is 0 Å². The first kappa shape index (κ1) is 48.1. The molecule has 3 unspecified atom stereocenters. The quantitative estimate of drug-likeness (QED) is 0.0241. The number of hydrogen-bond acceptors (Lipinski definition) is 11. The van der Waals surface area contributed by atoms with E-state index in [2.05, 4.69) is 26.0 Å². The van der Waals surface area contributed by atoms with E-state index in [-0.39, 0.29) is 19.4 Å². The molecule has 6 atom stereocenters. The molecule has 0 aliphatic carbocycles. The Morgan fingerprint density at radius 3 is 1.77 bits per heavy atom. The third-order valence-electron chi connectivity index (χ3n) is 9.05. The highest BCUT2D eigenvalue weighted by atomic mass is 32.2. The van der Waals surface area contributed by atoms with Gasteiger partial charge in [0.05, 0.1) is 6.61 Å². The van der Waals surface area contributed by atoms with Gasteiger partial charge in [-0.2, -0.15) is 8.42 Å². The molecule has 0 aromatic carbocycles. The Morgan fingerprint density at radius 1 is 0.654 bits per heavy atom. The van der Waals surface area contributed by atoms with Gasteiger partial charge in [0.15, 0.2) is 12.4 Å². The predicted molar refractivity (Wildman–Crippen MR) is 201 cm³/mol. The van der Waals surface area contributed by atoms with Crippen LogP contribution in [0, 0.1) is 0 Å². The molecule has 304 valence electrons. The van der Waals surface area contributed by atoms with E-state index in [1.807, 2.05) is 12.2 Å². The third kappa shape index (κ3) is 25.2. The Morgan fingerprint density at radius 2 is 1.19 bits per heavy atom. The minimum absolute atomic E-state index is 0.0606. The molecule has 0 amide bonds. The minimum atomic E-state index is -4.60. The lowest BCUT2D eigenvalue weighted by atomic mass is 10.00. The maximum Gasteiger partial charge on any atom is 0.306 e. The van der Waals surface area contributed by atoms with Crippen LogP contribution in [0.25, 0.3) is 0 Å². The summed E-state index contributed by atoms with van der Waals surface area (Å²) in [6.45, 7) is 3.66. The van der Waals surface area contributed by atoms with Crippen LogP contribution in [0.15, 0.2) is 24.3 Å². The van der Waals surface area contributed by atoms with Crippen molar-refractivity contribution in [1.29, 1.82) is 0 Å². The van der Waals surface area contributed by atoms with E-state index in [1.54, 1.807) is 0 Å². The van der Waals surface area contributed by atoms with Crippen LogP contribution < -0.4 is 0 Å². The van der Waals surface area contributed by atoms with Crippen molar-refractivity contribution in [2.24, 2.45) is 0 Å². The fourth-order valence-electron chi connectivity index (χ4n) is 5.90. The first-order valence-corrected chi connectivity index (χ1v) is 21.5. The highest BCUT2D eigenvalue weighted by Gasteiger charge is 2.46. The molecule has 0 aromatic rings. The molecule has 0 radical (unpaired) electrons. The second kappa shape index (κ2) is 30.5. The number of hydrogen-bond donors (Lipinski definition) is 4. The van der Waals surface area contributed by atoms with E-state index in [1.165, 1.54) is 83.5 Å². The Labute approximate surface area is 313 Å². The second-order valence-electron chi connectivity index (χ2n) is 14.0. The van der Waals surface area contributed by atoms with Crippen molar-refractivity contribution in [2.45, 2.75) is 192 Å². The predicted octanol–water partition coefficient (Wildman–Crippen LogP) is 6.89. The number of aliphatic hydroxyl groups is 3. The van der Waals surface area contributed by atoms with Gasteiger partial charge in [-0.1, -0.05) is 134 Å². The topological polar surface area (TPSA) is 186 Å². The van der Waals surface area contributed by atoms with E-state index >= 15 is 0 Å². The van der Waals surface area contributed by atoms with Gasteiger partial charge in [-0.25, -0.2) is 0 Å². The number of ether oxygens (including phenoxy) is 4. The monoisotopic (exact) mass is 762 g/mol. The number of aliphatic hydroxyl groups excluding tert-OH is 3. The van der Waals surface area contributed by atoms with E-state index in [0.717, 1.165) is 32.1 Å². The van der Waals surface area contributed by atoms with E-state index in [0.29, 0.717) is 12.8 Å². The number of carbonyl (C=O) groups is 2. The zero-order chi connectivity index (χ0) is 38.5. The largest absolute Gasteiger partial charge is 0.462 e. The SMILES string of the molecule is CCCCCCCC/C=C/C/C=C/CCC(=O)OC(COC(=O)CCCCCCCCCCCCC)CO[C@H]1O[C@H](CS(=O)(=O)O)[C@@H](O)C(O)C1O. The molecule has 1 aliphatic rings. The Balaban J connectivity index is 2.56. The molecule has 1 saturated heterocycles. The normalized spacial score (nSPS) is 21.5. The van der Waals surface area contributed by atoms with Gasteiger partial charge in [0.2, 0.25) is 0 Å². The molecule has 1 fully saturated rings. The van der Waals surface area contributed by atoms with Crippen molar-refractivity contribution in [3.8, 4) is 0 Å². The van der Waals surface area contributed by atoms with Gasteiger partial charge in [-0.3, -0.25) is 14.1 Å². The van der Waals surface area contributed by atoms with Crippen LogP contribution in [-0.2, 0) is 38.7 Å². The fourth-order valence-corrected chi connectivity index (χ4v) is 6.60. The molecule has 13 heteroatoms. The van der Waals surface area contributed by atoms with Gasteiger partial charge in [0.25, 0.3) is 10.1 Å². The van der Waals surface area contributed by atoms with Crippen LogP contribution in [0.4, 0.5) is 0 Å². The van der Waals surface area contributed by atoms with Crippen molar-refractivity contribution in [3.63, 3.8) is 0 Å². The molecular formula is C39H70O12S. The summed E-state index contributed by atoms with van der Waals surface area (Å²) in [5.74, 6) is -2.07.